The molecule has 1 aliphatic heterocycles. The zero-order valence-electron chi connectivity index (χ0n) is 10.9. The van der Waals surface area contributed by atoms with Crippen LogP contribution in [-0.2, 0) is 0 Å². The van der Waals surface area contributed by atoms with E-state index in [-0.39, 0.29) is 0 Å². The third-order valence-electron chi connectivity index (χ3n) is 3.68. The van der Waals surface area contributed by atoms with Gasteiger partial charge in [-0.1, -0.05) is 0 Å². The van der Waals surface area contributed by atoms with Gasteiger partial charge in [0, 0.05) is 56.7 Å². The number of hydrogen-bond donors (Lipinski definition) is 1. The van der Waals surface area contributed by atoms with Gasteiger partial charge in [0.05, 0.1) is 0 Å². The second-order valence-electron chi connectivity index (χ2n) is 5.30. The largest absolute Gasteiger partial charge is 0.359 e. The van der Waals surface area contributed by atoms with Crippen molar-refractivity contribution in [3.05, 3.63) is 5.82 Å². The molecule has 0 bridgehead atoms. The van der Waals surface area contributed by atoms with Gasteiger partial charge in [0.2, 0.25) is 5.13 Å². The first-order valence-corrected chi connectivity index (χ1v) is 7.57. The van der Waals surface area contributed by atoms with Gasteiger partial charge in [-0.2, -0.15) is 4.37 Å². The minimum absolute atomic E-state index is 0.662. The molecule has 1 aromatic heterocycles. The first kappa shape index (κ1) is 12.3. The Bertz CT molecular complexity index is 382. The Balaban J connectivity index is 1.38. The summed E-state index contributed by atoms with van der Waals surface area (Å²) in [5.74, 6) is 1.72. The van der Waals surface area contributed by atoms with E-state index in [2.05, 4.69) is 31.5 Å². The summed E-state index contributed by atoms with van der Waals surface area (Å²) in [5, 5.41) is 4.39. The number of rotatable bonds is 5. The maximum absolute atomic E-state index is 4.54. The monoisotopic (exact) mass is 267 g/mol. The average Bonchev–Trinajstić information content (AvgIpc) is 3.12. The van der Waals surface area contributed by atoms with Crippen molar-refractivity contribution in [1.29, 1.82) is 0 Å². The molecule has 18 heavy (non-hydrogen) atoms. The number of hydrogen-bond acceptors (Lipinski definition) is 6. The predicted molar refractivity (Wildman–Crippen MR) is 74.3 cm³/mol. The summed E-state index contributed by atoms with van der Waals surface area (Å²) in [6.45, 7) is 6.81. The molecule has 1 aliphatic carbocycles. The van der Waals surface area contributed by atoms with Crippen LogP contribution in [0.2, 0.25) is 0 Å². The van der Waals surface area contributed by atoms with Crippen LogP contribution in [0.25, 0.3) is 0 Å². The van der Waals surface area contributed by atoms with Crippen LogP contribution in [0.15, 0.2) is 0 Å². The van der Waals surface area contributed by atoms with Crippen molar-refractivity contribution >= 4 is 16.7 Å². The van der Waals surface area contributed by atoms with Crippen LogP contribution in [0.1, 0.15) is 24.6 Å². The third-order valence-corrected chi connectivity index (χ3v) is 4.37. The highest BCUT2D eigenvalue weighted by atomic mass is 32.1. The van der Waals surface area contributed by atoms with Crippen molar-refractivity contribution in [3.8, 4) is 0 Å². The molecule has 0 unspecified atom stereocenters. The first-order chi connectivity index (χ1) is 8.81. The van der Waals surface area contributed by atoms with Crippen LogP contribution in [0.3, 0.4) is 0 Å². The Morgan fingerprint density at radius 3 is 2.78 bits per heavy atom. The molecule has 3 rings (SSSR count). The fraction of sp³-hybridized carbons (Fsp3) is 0.833. The topological polar surface area (TPSA) is 44.3 Å². The number of likely N-dealkylation sites (N-methyl/N-ethyl adjacent to an activating group) is 1. The molecule has 1 saturated carbocycles. The molecule has 0 atom stereocenters. The zero-order chi connectivity index (χ0) is 12.4. The molecular weight excluding hydrogens is 246 g/mol. The molecule has 100 valence electrons. The van der Waals surface area contributed by atoms with Crippen molar-refractivity contribution in [1.82, 2.24) is 19.2 Å². The molecule has 2 heterocycles. The lowest BCUT2D eigenvalue weighted by Crippen LogP contribution is -2.45. The Hall–Kier alpha value is -0.720. The van der Waals surface area contributed by atoms with Crippen LogP contribution in [0.5, 0.6) is 0 Å². The molecule has 0 spiro atoms. The molecule has 0 amide bonds. The highest BCUT2D eigenvalue weighted by molar-refractivity contribution is 7.09. The Kier molecular flexibility index (Phi) is 3.77. The zero-order valence-corrected chi connectivity index (χ0v) is 11.7. The van der Waals surface area contributed by atoms with Gasteiger partial charge in [0.1, 0.15) is 5.82 Å². The molecule has 1 aromatic rings. The molecule has 2 fully saturated rings. The summed E-state index contributed by atoms with van der Waals surface area (Å²) in [5.41, 5.74) is 0. The number of nitrogens with zero attached hydrogens (tertiary/aromatic N) is 4. The molecule has 0 radical (unpaired) electrons. The summed E-state index contributed by atoms with van der Waals surface area (Å²) in [4.78, 5) is 9.43. The minimum Gasteiger partial charge on any atom is -0.359 e. The SMILES string of the molecule is CN1CCN(CCNc2nc(C3CC3)ns2)CC1. The lowest BCUT2D eigenvalue weighted by molar-refractivity contribution is 0.158. The van der Waals surface area contributed by atoms with Crippen molar-refractivity contribution in [2.75, 3.05) is 51.6 Å². The van der Waals surface area contributed by atoms with Gasteiger partial charge in [0.15, 0.2) is 0 Å². The Morgan fingerprint density at radius 1 is 1.28 bits per heavy atom. The fourth-order valence-corrected chi connectivity index (χ4v) is 2.88. The number of piperazine rings is 1. The van der Waals surface area contributed by atoms with Crippen LogP contribution in [0, 0.1) is 0 Å². The summed E-state index contributed by atoms with van der Waals surface area (Å²) >= 11 is 1.51. The van der Waals surface area contributed by atoms with Gasteiger partial charge in [0.25, 0.3) is 0 Å². The van der Waals surface area contributed by atoms with E-state index < -0.39 is 0 Å². The van der Waals surface area contributed by atoms with Crippen LogP contribution < -0.4 is 5.32 Å². The normalized spacial score (nSPS) is 22.3. The van der Waals surface area contributed by atoms with E-state index in [1.807, 2.05) is 0 Å². The molecule has 1 N–H and O–H groups in total. The standard InChI is InChI=1S/C12H21N5S/c1-16-6-8-17(9-7-16)5-4-13-12-14-11(15-18-12)10-2-3-10/h10H,2-9H2,1H3,(H,13,14,15). The van der Waals surface area contributed by atoms with E-state index in [1.165, 1.54) is 50.6 Å². The first-order valence-electron chi connectivity index (χ1n) is 6.79. The maximum Gasteiger partial charge on any atom is 0.202 e. The van der Waals surface area contributed by atoms with Gasteiger partial charge in [-0.05, 0) is 19.9 Å². The van der Waals surface area contributed by atoms with Crippen molar-refractivity contribution in [2.24, 2.45) is 0 Å². The Labute approximate surface area is 112 Å². The van der Waals surface area contributed by atoms with Crippen LogP contribution in [-0.4, -0.2) is 65.5 Å². The van der Waals surface area contributed by atoms with Gasteiger partial charge in [-0.15, -0.1) is 0 Å². The molecular formula is C12H21N5S. The van der Waals surface area contributed by atoms with Gasteiger partial charge in [-0.25, -0.2) is 4.98 Å². The molecule has 5 nitrogen and oxygen atoms in total. The van der Waals surface area contributed by atoms with E-state index in [9.17, 15) is 0 Å². The second-order valence-corrected chi connectivity index (χ2v) is 6.06. The summed E-state index contributed by atoms with van der Waals surface area (Å²) in [6, 6.07) is 0. The highest BCUT2D eigenvalue weighted by Gasteiger charge is 2.27. The second kappa shape index (κ2) is 5.50. The van der Waals surface area contributed by atoms with E-state index >= 15 is 0 Å². The van der Waals surface area contributed by atoms with Crippen molar-refractivity contribution in [2.45, 2.75) is 18.8 Å². The lowest BCUT2D eigenvalue weighted by Gasteiger charge is -2.32. The van der Waals surface area contributed by atoms with Crippen molar-refractivity contribution in [3.63, 3.8) is 0 Å². The Morgan fingerprint density at radius 2 is 2.06 bits per heavy atom. The van der Waals surface area contributed by atoms with E-state index in [4.69, 9.17) is 0 Å². The third kappa shape index (κ3) is 3.18. The minimum atomic E-state index is 0.662. The quantitative estimate of drug-likeness (QED) is 0.865. The molecule has 2 aliphatic rings. The molecule has 0 aromatic carbocycles. The molecule has 6 heteroatoms. The van der Waals surface area contributed by atoms with Gasteiger partial charge >= 0.3 is 0 Å². The van der Waals surface area contributed by atoms with Crippen molar-refractivity contribution < 1.29 is 0 Å². The fourth-order valence-electron chi connectivity index (χ4n) is 2.21. The summed E-state index contributed by atoms with van der Waals surface area (Å²) in [6.07, 6.45) is 2.55. The molecule has 1 saturated heterocycles. The summed E-state index contributed by atoms with van der Waals surface area (Å²) < 4.78 is 4.40. The van der Waals surface area contributed by atoms with E-state index in [1.54, 1.807) is 0 Å². The van der Waals surface area contributed by atoms with Crippen LogP contribution in [0.4, 0.5) is 5.13 Å². The predicted octanol–water partition coefficient (Wildman–Crippen LogP) is 1.07. The smallest absolute Gasteiger partial charge is 0.202 e. The van der Waals surface area contributed by atoms with E-state index in [0.717, 1.165) is 24.0 Å². The van der Waals surface area contributed by atoms with Crippen LogP contribution >= 0.6 is 11.5 Å². The number of nitrogens with one attached hydrogen (secondary N) is 1. The average molecular weight is 267 g/mol. The number of aromatic nitrogens is 2. The maximum atomic E-state index is 4.54. The summed E-state index contributed by atoms with van der Waals surface area (Å²) in [7, 11) is 2.19. The van der Waals surface area contributed by atoms with Gasteiger partial charge < -0.3 is 10.2 Å². The number of anilines is 1. The highest BCUT2D eigenvalue weighted by Crippen LogP contribution is 2.39. The van der Waals surface area contributed by atoms with E-state index in [0.29, 0.717) is 5.92 Å². The van der Waals surface area contributed by atoms with Gasteiger partial charge in [-0.3, -0.25) is 4.90 Å². The lowest BCUT2D eigenvalue weighted by atomic mass is 10.3.